The number of aryl methyl sites for hydroxylation is 1. The second-order valence-electron chi connectivity index (χ2n) is 9.10. The summed E-state index contributed by atoms with van der Waals surface area (Å²) in [6, 6.07) is 20.5. The predicted octanol–water partition coefficient (Wildman–Crippen LogP) is 4.58. The summed E-state index contributed by atoms with van der Waals surface area (Å²) in [7, 11) is 1.46. The molecule has 5 rings (SSSR count). The summed E-state index contributed by atoms with van der Waals surface area (Å²) in [5.41, 5.74) is 4.48. The first-order valence-electron chi connectivity index (χ1n) is 12.7. The zero-order valence-corrected chi connectivity index (χ0v) is 21.7. The highest BCUT2D eigenvalue weighted by molar-refractivity contribution is 5.93. The minimum atomic E-state index is -1.13. The van der Waals surface area contributed by atoms with Crippen LogP contribution in [-0.4, -0.2) is 47.9 Å². The maximum absolute atomic E-state index is 13.7. The Kier molecular flexibility index (Phi) is 7.35. The highest BCUT2D eigenvalue weighted by Crippen LogP contribution is 2.30. The van der Waals surface area contributed by atoms with Crippen molar-refractivity contribution in [3.63, 3.8) is 0 Å². The highest BCUT2D eigenvalue weighted by Gasteiger charge is 2.21. The normalized spacial score (nSPS) is 11.0. The zero-order chi connectivity index (χ0) is 27.4. The van der Waals surface area contributed by atoms with Crippen LogP contribution < -0.4 is 10.4 Å². The van der Waals surface area contributed by atoms with Crippen LogP contribution in [0.25, 0.3) is 28.2 Å². The fourth-order valence-corrected chi connectivity index (χ4v) is 4.70. The Labute approximate surface area is 224 Å². The summed E-state index contributed by atoms with van der Waals surface area (Å²) in [5.74, 6) is -0.295. The van der Waals surface area contributed by atoms with E-state index in [-0.39, 0.29) is 16.9 Å². The van der Waals surface area contributed by atoms with Crippen molar-refractivity contribution >= 4 is 5.97 Å². The fourth-order valence-electron chi connectivity index (χ4n) is 4.70. The zero-order valence-electron chi connectivity index (χ0n) is 21.7. The van der Waals surface area contributed by atoms with Crippen molar-refractivity contribution in [2.24, 2.45) is 0 Å². The van der Waals surface area contributed by atoms with E-state index in [0.29, 0.717) is 24.5 Å². The molecule has 198 valence electrons. The Bertz CT molecular complexity index is 1650. The molecule has 10 heteroatoms. The summed E-state index contributed by atoms with van der Waals surface area (Å²) >= 11 is 0. The van der Waals surface area contributed by atoms with E-state index in [1.165, 1.54) is 17.7 Å². The summed E-state index contributed by atoms with van der Waals surface area (Å²) in [4.78, 5) is 25.7. The molecule has 0 aliphatic carbocycles. The molecule has 0 amide bonds. The smallest absolute Gasteiger partial charge is 0.337 e. The van der Waals surface area contributed by atoms with E-state index in [2.05, 4.69) is 27.5 Å². The molecule has 0 fully saturated rings. The topological polar surface area (TPSA) is 128 Å². The van der Waals surface area contributed by atoms with E-state index in [1.807, 2.05) is 48.5 Å². The molecule has 0 spiro atoms. The molecular formula is C29H28N6O4. The van der Waals surface area contributed by atoms with Gasteiger partial charge in [-0.1, -0.05) is 67.9 Å². The van der Waals surface area contributed by atoms with E-state index in [0.717, 1.165) is 40.8 Å². The number of methoxy groups -OCH3 is 1. The lowest BCUT2D eigenvalue weighted by atomic mass is 9.98. The number of carboxylic acid groups (broad SMARTS) is 1. The van der Waals surface area contributed by atoms with Crippen molar-refractivity contribution in [1.29, 1.82) is 0 Å². The number of nitrogens with one attached hydrogen (secondary N) is 1. The lowest BCUT2D eigenvalue weighted by Gasteiger charge is -2.11. The van der Waals surface area contributed by atoms with Crippen molar-refractivity contribution in [2.75, 3.05) is 7.11 Å². The monoisotopic (exact) mass is 524 g/mol. The fraction of sp³-hybridized carbons (Fsp3) is 0.207. The summed E-state index contributed by atoms with van der Waals surface area (Å²) in [6.45, 7) is 2.43. The Morgan fingerprint density at radius 3 is 2.46 bits per heavy atom. The Hall–Kier alpha value is -4.99. The van der Waals surface area contributed by atoms with Crippen LogP contribution in [0.2, 0.25) is 0 Å². The van der Waals surface area contributed by atoms with Gasteiger partial charge in [0, 0.05) is 17.5 Å². The molecule has 2 aromatic heterocycles. The number of hydrogen-bond acceptors (Lipinski definition) is 6. The number of aromatic carboxylic acids is 1. The molecule has 0 atom stereocenters. The quantitative estimate of drug-likeness (QED) is 0.274. The van der Waals surface area contributed by atoms with E-state index >= 15 is 0 Å². The standard InChI is InChI=1S/C29H28N6O4/c1-3-4-8-21-18-35(26-24(28(36)37)11-7-12-25(26)39-2)29(38)34(21)17-19-13-15-20(16-14-19)22-9-5-6-10-23(22)27-30-32-33-31-27/h5-7,9-16,18H,3-4,8,17H2,1-2H3,(H,36,37)(H,30,31,32,33). The van der Waals surface area contributed by atoms with Crippen molar-refractivity contribution < 1.29 is 14.6 Å². The van der Waals surface area contributed by atoms with E-state index in [1.54, 1.807) is 22.9 Å². The number of tetrazole rings is 1. The summed E-state index contributed by atoms with van der Waals surface area (Å²) in [5, 5.41) is 24.2. The molecule has 10 nitrogen and oxygen atoms in total. The third-order valence-electron chi connectivity index (χ3n) is 6.66. The van der Waals surface area contributed by atoms with Crippen molar-refractivity contribution in [3.05, 3.63) is 100 Å². The lowest BCUT2D eigenvalue weighted by molar-refractivity contribution is 0.0696. The number of carbonyl (C=O) groups is 1. The number of carboxylic acids is 1. The molecule has 0 unspecified atom stereocenters. The van der Waals surface area contributed by atoms with Gasteiger partial charge in [-0.25, -0.2) is 9.59 Å². The van der Waals surface area contributed by atoms with Crippen LogP contribution in [0.4, 0.5) is 0 Å². The second kappa shape index (κ2) is 11.2. The molecule has 0 radical (unpaired) electrons. The van der Waals surface area contributed by atoms with Crippen LogP contribution >= 0.6 is 0 Å². The molecule has 3 aromatic carbocycles. The Morgan fingerprint density at radius 1 is 1.03 bits per heavy atom. The average molecular weight is 525 g/mol. The number of hydrogen-bond donors (Lipinski definition) is 2. The van der Waals surface area contributed by atoms with Gasteiger partial charge in [-0.2, -0.15) is 5.21 Å². The second-order valence-corrected chi connectivity index (χ2v) is 9.10. The molecule has 0 aliphatic rings. The first-order chi connectivity index (χ1) is 19.0. The Balaban J connectivity index is 1.53. The van der Waals surface area contributed by atoms with Gasteiger partial charge in [0.15, 0.2) is 0 Å². The van der Waals surface area contributed by atoms with Gasteiger partial charge in [-0.05, 0) is 46.9 Å². The van der Waals surface area contributed by atoms with Crippen LogP contribution in [0.1, 0.15) is 41.4 Å². The van der Waals surface area contributed by atoms with Crippen molar-refractivity contribution in [3.8, 4) is 34.0 Å². The molecule has 0 saturated carbocycles. The first kappa shape index (κ1) is 25.7. The van der Waals surface area contributed by atoms with Gasteiger partial charge < -0.3 is 9.84 Å². The number of benzene rings is 3. The molecule has 0 bridgehead atoms. The SMILES string of the molecule is CCCCc1cn(-c2c(OC)cccc2C(=O)O)c(=O)n1Cc1ccc(-c2ccccc2-c2nn[nH]n2)cc1. The largest absolute Gasteiger partial charge is 0.495 e. The van der Waals surface area contributed by atoms with Crippen LogP contribution in [0, 0.1) is 0 Å². The van der Waals surface area contributed by atoms with Crippen molar-refractivity contribution in [1.82, 2.24) is 29.8 Å². The molecule has 0 saturated heterocycles. The lowest BCUT2D eigenvalue weighted by Crippen LogP contribution is -2.26. The first-order valence-corrected chi connectivity index (χ1v) is 12.7. The minimum Gasteiger partial charge on any atom is -0.495 e. The summed E-state index contributed by atoms with van der Waals surface area (Å²) in [6.07, 6.45) is 4.28. The molecule has 5 aromatic rings. The number of ether oxygens (including phenoxy) is 1. The molecule has 39 heavy (non-hydrogen) atoms. The van der Waals surface area contributed by atoms with Gasteiger partial charge in [0.2, 0.25) is 5.82 Å². The number of H-pyrrole nitrogens is 1. The van der Waals surface area contributed by atoms with Gasteiger partial charge in [-0.15, -0.1) is 10.2 Å². The molecule has 2 N–H and O–H groups in total. The van der Waals surface area contributed by atoms with Gasteiger partial charge in [0.1, 0.15) is 11.4 Å². The van der Waals surface area contributed by atoms with Gasteiger partial charge in [0.05, 0.1) is 19.2 Å². The van der Waals surface area contributed by atoms with Gasteiger partial charge >= 0.3 is 11.7 Å². The van der Waals surface area contributed by atoms with E-state index < -0.39 is 5.97 Å². The third kappa shape index (κ3) is 5.08. The average Bonchev–Trinajstić information content (AvgIpc) is 3.61. The number of aromatic nitrogens is 6. The van der Waals surface area contributed by atoms with Crippen LogP contribution in [0.5, 0.6) is 5.75 Å². The van der Waals surface area contributed by atoms with Crippen LogP contribution in [0.15, 0.2) is 77.7 Å². The Morgan fingerprint density at radius 2 is 1.79 bits per heavy atom. The van der Waals surface area contributed by atoms with Crippen LogP contribution in [0.3, 0.4) is 0 Å². The predicted molar refractivity (Wildman–Crippen MR) is 146 cm³/mol. The number of para-hydroxylation sites is 1. The number of unbranched alkanes of at least 4 members (excludes halogenated alkanes) is 1. The van der Waals surface area contributed by atoms with E-state index in [9.17, 15) is 14.7 Å². The molecular weight excluding hydrogens is 496 g/mol. The number of imidazole rings is 1. The third-order valence-corrected chi connectivity index (χ3v) is 6.66. The molecule has 2 heterocycles. The maximum Gasteiger partial charge on any atom is 0.337 e. The summed E-state index contributed by atoms with van der Waals surface area (Å²) < 4.78 is 8.53. The highest BCUT2D eigenvalue weighted by atomic mass is 16.5. The number of aromatic amines is 1. The van der Waals surface area contributed by atoms with E-state index in [4.69, 9.17) is 4.74 Å². The maximum atomic E-state index is 13.7. The van der Waals surface area contributed by atoms with Crippen LogP contribution in [-0.2, 0) is 13.0 Å². The van der Waals surface area contributed by atoms with Crippen molar-refractivity contribution in [2.45, 2.75) is 32.7 Å². The van der Waals surface area contributed by atoms with Gasteiger partial charge in [0.25, 0.3) is 0 Å². The number of rotatable bonds is 10. The number of nitrogens with zero attached hydrogens (tertiary/aromatic N) is 5. The minimum absolute atomic E-state index is 0.000242. The van der Waals surface area contributed by atoms with Gasteiger partial charge in [-0.3, -0.25) is 9.13 Å². The molecule has 0 aliphatic heterocycles.